The van der Waals surface area contributed by atoms with Gasteiger partial charge in [0.05, 0.1) is 0 Å². The fraction of sp³-hybridized carbons (Fsp3) is 0.417. The number of hydrogen-bond donors (Lipinski definition) is 0. The first kappa shape index (κ1) is 13.4. The Hall–Kier alpha value is -1.86. The van der Waals surface area contributed by atoms with Gasteiger partial charge in [0.1, 0.15) is 11.2 Å². The Balaban J connectivity index is 1.47. The summed E-state index contributed by atoms with van der Waals surface area (Å²) in [6.45, 7) is 2.16. The molecule has 0 spiro atoms. The minimum Gasteiger partial charge on any atom is -0.360 e. The van der Waals surface area contributed by atoms with Crippen molar-refractivity contribution in [3.63, 3.8) is 0 Å². The van der Waals surface area contributed by atoms with Gasteiger partial charge in [-0.05, 0) is 60.3 Å². The molecule has 7 rings (SSSR count). The molecule has 1 heteroatoms. The predicted molar refractivity (Wildman–Crippen MR) is 98.5 cm³/mol. The van der Waals surface area contributed by atoms with Crippen LogP contribution in [0.15, 0.2) is 54.1 Å². The van der Waals surface area contributed by atoms with Crippen molar-refractivity contribution in [3.05, 3.63) is 76.4 Å². The molecule has 1 nitrogen and oxygen atoms in total. The van der Waals surface area contributed by atoms with Crippen LogP contribution in [0.3, 0.4) is 0 Å². The first-order valence-corrected chi connectivity index (χ1v) is 9.83. The van der Waals surface area contributed by atoms with Crippen molar-refractivity contribution in [1.29, 1.82) is 0 Å². The summed E-state index contributed by atoms with van der Waals surface area (Å²) in [6.07, 6.45) is 6.68. The second kappa shape index (κ2) is 3.94. The number of epoxide rings is 1. The molecular formula is C24H22O. The minimum atomic E-state index is 0.158. The topological polar surface area (TPSA) is 12.5 Å². The van der Waals surface area contributed by atoms with Gasteiger partial charge in [-0.3, -0.25) is 0 Å². The SMILES string of the molecule is Cc1ccc(C=C2[C@H]3c4ccccc4[C@H]2[C@]24O[C@]32[C@H]2CC[C@H]4C2)cc1. The minimum absolute atomic E-state index is 0.158. The van der Waals surface area contributed by atoms with Crippen LogP contribution in [0.2, 0.25) is 0 Å². The first-order valence-electron chi connectivity index (χ1n) is 9.83. The molecule has 3 saturated carbocycles. The van der Waals surface area contributed by atoms with Crippen LogP contribution >= 0.6 is 0 Å². The van der Waals surface area contributed by atoms with Crippen molar-refractivity contribution in [2.75, 3.05) is 0 Å². The van der Waals surface area contributed by atoms with Gasteiger partial charge in [0, 0.05) is 11.8 Å². The van der Waals surface area contributed by atoms with E-state index in [1.54, 1.807) is 16.7 Å². The molecular weight excluding hydrogens is 304 g/mol. The molecule has 0 radical (unpaired) electrons. The molecule has 0 N–H and O–H groups in total. The summed E-state index contributed by atoms with van der Waals surface area (Å²) in [7, 11) is 0. The van der Waals surface area contributed by atoms with Crippen molar-refractivity contribution in [1.82, 2.24) is 0 Å². The van der Waals surface area contributed by atoms with Crippen LogP contribution < -0.4 is 0 Å². The van der Waals surface area contributed by atoms with Gasteiger partial charge in [-0.2, -0.15) is 0 Å². The molecule has 6 atom stereocenters. The zero-order valence-corrected chi connectivity index (χ0v) is 14.5. The lowest BCUT2D eigenvalue weighted by atomic mass is 9.69. The largest absolute Gasteiger partial charge is 0.360 e. The van der Waals surface area contributed by atoms with Gasteiger partial charge < -0.3 is 4.74 Å². The maximum Gasteiger partial charge on any atom is 0.113 e. The summed E-state index contributed by atoms with van der Waals surface area (Å²) in [4.78, 5) is 0. The van der Waals surface area contributed by atoms with E-state index in [9.17, 15) is 0 Å². The summed E-state index contributed by atoms with van der Waals surface area (Å²) < 4.78 is 6.77. The second-order valence-corrected chi connectivity index (χ2v) is 8.95. The average molecular weight is 326 g/mol. The maximum absolute atomic E-state index is 6.77. The van der Waals surface area contributed by atoms with Gasteiger partial charge in [0.25, 0.3) is 0 Å². The van der Waals surface area contributed by atoms with Gasteiger partial charge in [0.15, 0.2) is 0 Å². The fourth-order valence-electron chi connectivity index (χ4n) is 7.40. The van der Waals surface area contributed by atoms with Crippen LogP contribution in [0, 0.1) is 18.8 Å². The van der Waals surface area contributed by atoms with Crippen LogP contribution in [-0.2, 0) is 4.74 Å². The lowest BCUT2D eigenvalue weighted by Crippen LogP contribution is -2.36. The number of rotatable bonds is 1. The van der Waals surface area contributed by atoms with E-state index in [4.69, 9.17) is 4.74 Å². The van der Waals surface area contributed by atoms with E-state index < -0.39 is 0 Å². The molecule has 0 unspecified atom stereocenters. The van der Waals surface area contributed by atoms with Crippen molar-refractivity contribution >= 4 is 6.08 Å². The highest BCUT2D eigenvalue weighted by molar-refractivity contribution is 5.73. The van der Waals surface area contributed by atoms with Crippen LogP contribution in [-0.4, -0.2) is 11.2 Å². The summed E-state index contributed by atoms with van der Waals surface area (Å²) in [5, 5.41) is 0. The van der Waals surface area contributed by atoms with E-state index in [0.717, 1.165) is 11.8 Å². The van der Waals surface area contributed by atoms with Gasteiger partial charge in [-0.15, -0.1) is 0 Å². The number of ether oxygens (including phenoxy) is 1. The fourth-order valence-corrected chi connectivity index (χ4v) is 7.40. The van der Waals surface area contributed by atoms with Crippen LogP contribution in [0.25, 0.3) is 6.08 Å². The molecule has 0 aromatic heterocycles. The Kier molecular flexibility index (Phi) is 2.10. The Labute approximate surface area is 148 Å². The van der Waals surface area contributed by atoms with Crippen LogP contribution in [0.4, 0.5) is 0 Å². The summed E-state index contributed by atoms with van der Waals surface area (Å²) in [5.41, 5.74) is 7.77. The van der Waals surface area contributed by atoms with E-state index in [-0.39, 0.29) is 11.2 Å². The summed E-state index contributed by atoms with van der Waals surface area (Å²) in [6, 6.07) is 18.2. The number of hydrogen-bond acceptors (Lipinski definition) is 1. The highest BCUT2D eigenvalue weighted by Gasteiger charge is 2.92. The standard InChI is InChI=1S/C24H22O/c1-14-6-8-15(9-7-14)12-20-21-18-4-2-3-5-19(18)22(20)24-17-11-10-16(13-17)23(21,24)25-24/h2-9,12,16-17,21-22H,10-11,13H2,1H3/t16-,17-,21+,22+,23-,24+/m0/s1. The Morgan fingerprint density at radius 2 is 1.48 bits per heavy atom. The molecule has 2 aromatic rings. The Morgan fingerprint density at radius 1 is 0.880 bits per heavy atom. The van der Waals surface area contributed by atoms with Crippen molar-refractivity contribution in [2.24, 2.45) is 11.8 Å². The molecule has 4 bridgehead atoms. The second-order valence-electron chi connectivity index (χ2n) is 8.95. The van der Waals surface area contributed by atoms with Crippen molar-refractivity contribution < 1.29 is 4.74 Å². The van der Waals surface area contributed by atoms with Crippen molar-refractivity contribution in [3.8, 4) is 0 Å². The third kappa shape index (κ3) is 1.24. The first-order chi connectivity index (χ1) is 12.3. The molecule has 25 heavy (non-hydrogen) atoms. The molecule has 124 valence electrons. The lowest BCUT2D eigenvalue weighted by molar-refractivity contribution is 0.134. The summed E-state index contributed by atoms with van der Waals surface area (Å²) in [5.74, 6) is 2.60. The van der Waals surface area contributed by atoms with Crippen molar-refractivity contribution in [2.45, 2.75) is 49.2 Å². The molecule has 0 amide bonds. The number of aryl methyl sites for hydroxylation is 1. The monoisotopic (exact) mass is 326 g/mol. The molecule has 1 saturated heterocycles. The molecule has 2 aromatic carbocycles. The van der Waals surface area contributed by atoms with E-state index in [0.29, 0.717) is 11.8 Å². The number of fused-ring (bicyclic) bond motifs is 7. The Bertz CT molecular complexity index is 903. The maximum atomic E-state index is 6.77. The number of benzene rings is 2. The van der Waals surface area contributed by atoms with Gasteiger partial charge in [-0.25, -0.2) is 0 Å². The highest BCUT2D eigenvalue weighted by Crippen LogP contribution is 2.88. The lowest BCUT2D eigenvalue weighted by Gasteiger charge is -2.29. The molecule has 1 aliphatic heterocycles. The molecule has 4 aliphatic carbocycles. The molecule has 5 aliphatic rings. The third-order valence-corrected chi connectivity index (χ3v) is 8.11. The predicted octanol–water partition coefficient (Wildman–Crippen LogP) is 5.21. The average Bonchev–Trinajstić information content (AvgIpc) is 2.95. The van der Waals surface area contributed by atoms with Gasteiger partial charge in [0.2, 0.25) is 0 Å². The molecule has 1 heterocycles. The van der Waals surface area contributed by atoms with E-state index >= 15 is 0 Å². The normalized spacial score (nSPS) is 45.6. The van der Waals surface area contributed by atoms with E-state index in [1.807, 2.05) is 0 Å². The third-order valence-electron chi connectivity index (χ3n) is 8.11. The zero-order chi connectivity index (χ0) is 16.4. The Morgan fingerprint density at radius 3 is 2.08 bits per heavy atom. The highest BCUT2D eigenvalue weighted by atomic mass is 16.6. The van der Waals surface area contributed by atoms with E-state index in [2.05, 4.69) is 61.5 Å². The molecule has 4 fully saturated rings. The van der Waals surface area contributed by atoms with Crippen LogP contribution in [0.1, 0.15) is 53.4 Å². The van der Waals surface area contributed by atoms with E-state index in [1.165, 1.54) is 30.4 Å². The quantitative estimate of drug-likeness (QED) is 0.655. The van der Waals surface area contributed by atoms with Gasteiger partial charge in [-0.1, -0.05) is 60.2 Å². The van der Waals surface area contributed by atoms with Gasteiger partial charge >= 0.3 is 0 Å². The smallest absolute Gasteiger partial charge is 0.113 e. The summed E-state index contributed by atoms with van der Waals surface area (Å²) >= 11 is 0. The van der Waals surface area contributed by atoms with Crippen LogP contribution in [0.5, 0.6) is 0 Å². The zero-order valence-electron chi connectivity index (χ0n) is 14.5.